The number of nitrogens with zero attached hydrogens (tertiary/aromatic N) is 2. The lowest BCUT2D eigenvalue weighted by molar-refractivity contribution is 0.282. The Kier molecular flexibility index (Phi) is 5.78. The molecule has 0 aliphatic carbocycles. The normalized spacial score (nSPS) is 12.0. The van der Waals surface area contributed by atoms with E-state index in [2.05, 4.69) is 24.6 Å². The average Bonchev–Trinajstić information content (AvgIpc) is 2.59. The fourth-order valence-corrected chi connectivity index (χ4v) is 6.81. The number of aromatic nitrogens is 1. The first-order valence-corrected chi connectivity index (χ1v) is 13.4. The molecule has 7 heteroatoms. The van der Waals surface area contributed by atoms with Gasteiger partial charge in [0.2, 0.25) is 0 Å². The van der Waals surface area contributed by atoms with Gasteiger partial charge in [0.25, 0.3) is 0 Å². The smallest absolute Gasteiger partial charge is 0.179 e. The van der Waals surface area contributed by atoms with Crippen LogP contribution in [0.4, 0.5) is 0 Å². The third-order valence-electron chi connectivity index (χ3n) is 3.89. The van der Waals surface area contributed by atoms with E-state index in [0.717, 1.165) is 5.56 Å². The molecule has 1 N–H and O–H groups in total. The monoisotopic (exact) mass is 374 g/mol. The fourth-order valence-electron chi connectivity index (χ4n) is 2.35. The molecule has 0 saturated heterocycles. The third kappa shape index (κ3) is 4.75. The molecule has 1 aromatic carbocycles. The standard InChI is InChI=1S/C18H22N2O3SSi/c1-25(2,3)11-10-24(22,23)17-8-9-20-18(16(17)12-19)15-6-4-14(13-21)5-7-15/h4-9,21H,10-11,13H2,1-3H3. The molecule has 0 atom stereocenters. The maximum Gasteiger partial charge on any atom is 0.179 e. The van der Waals surface area contributed by atoms with Gasteiger partial charge in [-0.1, -0.05) is 43.9 Å². The van der Waals surface area contributed by atoms with Gasteiger partial charge >= 0.3 is 0 Å². The molecule has 5 nitrogen and oxygen atoms in total. The number of aliphatic hydroxyl groups is 1. The molecule has 0 amide bonds. The van der Waals surface area contributed by atoms with Crippen molar-refractivity contribution in [3.05, 3.63) is 47.7 Å². The summed E-state index contributed by atoms with van der Waals surface area (Å²) < 4.78 is 25.5. The SMILES string of the molecule is C[Si](C)(C)CCS(=O)(=O)c1ccnc(-c2ccc(CO)cc2)c1C#N. The topological polar surface area (TPSA) is 91.1 Å². The van der Waals surface area contributed by atoms with E-state index in [4.69, 9.17) is 5.11 Å². The molecule has 0 aliphatic rings. The summed E-state index contributed by atoms with van der Waals surface area (Å²) in [4.78, 5) is 4.26. The van der Waals surface area contributed by atoms with E-state index in [0.29, 0.717) is 17.3 Å². The van der Waals surface area contributed by atoms with Crippen LogP contribution in [0.1, 0.15) is 11.1 Å². The Morgan fingerprint density at radius 1 is 1.16 bits per heavy atom. The number of nitriles is 1. The molecule has 0 unspecified atom stereocenters. The van der Waals surface area contributed by atoms with Gasteiger partial charge in [0.05, 0.1) is 28.5 Å². The van der Waals surface area contributed by atoms with Crippen molar-refractivity contribution in [2.75, 3.05) is 5.75 Å². The molecule has 0 aliphatic heterocycles. The predicted molar refractivity (Wildman–Crippen MR) is 101 cm³/mol. The number of hydrogen-bond acceptors (Lipinski definition) is 5. The number of benzene rings is 1. The van der Waals surface area contributed by atoms with Crippen LogP contribution in [0.2, 0.25) is 25.7 Å². The molecule has 0 fully saturated rings. The van der Waals surface area contributed by atoms with Crippen LogP contribution in [0.25, 0.3) is 11.3 Å². The molecular formula is C18H22N2O3SSi. The van der Waals surface area contributed by atoms with Gasteiger partial charge < -0.3 is 5.11 Å². The quantitative estimate of drug-likeness (QED) is 0.784. The molecule has 2 aromatic rings. The summed E-state index contributed by atoms with van der Waals surface area (Å²) >= 11 is 0. The molecule has 1 heterocycles. The van der Waals surface area contributed by atoms with E-state index in [1.807, 2.05) is 6.07 Å². The van der Waals surface area contributed by atoms with Gasteiger partial charge in [-0.3, -0.25) is 4.98 Å². The third-order valence-corrected chi connectivity index (χ3v) is 7.75. The molecular weight excluding hydrogens is 352 g/mol. The van der Waals surface area contributed by atoms with E-state index in [9.17, 15) is 13.7 Å². The summed E-state index contributed by atoms with van der Waals surface area (Å²) in [6.07, 6.45) is 1.43. The first-order valence-electron chi connectivity index (χ1n) is 8.00. The minimum atomic E-state index is -3.55. The van der Waals surface area contributed by atoms with Crippen molar-refractivity contribution in [1.29, 1.82) is 5.26 Å². The van der Waals surface area contributed by atoms with Gasteiger partial charge in [-0.25, -0.2) is 8.42 Å². The summed E-state index contributed by atoms with van der Waals surface area (Å²) in [5, 5.41) is 18.7. The first-order chi connectivity index (χ1) is 11.7. The highest BCUT2D eigenvalue weighted by Gasteiger charge is 2.25. The van der Waals surface area contributed by atoms with E-state index in [1.54, 1.807) is 24.3 Å². The Balaban J connectivity index is 2.49. The van der Waals surface area contributed by atoms with Crippen LogP contribution >= 0.6 is 0 Å². The Bertz CT molecular complexity index is 895. The second kappa shape index (κ2) is 7.48. The van der Waals surface area contributed by atoms with Crippen molar-refractivity contribution < 1.29 is 13.5 Å². The van der Waals surface area contributed by atoms with Crippen LogP contribution in [-0.4, -0.2) is 32.3 Å². The molecule has 132 valence electrons. The lowest BCUT2D eigenvalue weighted by Gasteiger charge is -2.16. The predicted octanol–water partition coefficient (Wildman–Crippen LogP) is 3.22. The van der Waals surface area contributed by atoms with Crippen LogP contribution in [0, 0.1) is 11.3 Å². The largest absolute Gasteiger partial charge is 0.392 e. The van der Waals surface area contributed by atoms with Crippen molar-refractivity contribution in [1.82, 2.24) is 4.98 Å². The van der Waals surface area contributed by atoms with Crippen LogP contribution in [0.15, 0.2) is 41.4 Å². The number of aliphatic hydroxyl groups excluding tert-OH is 1. The zero-order chi connectivity index (χ0) is 18.7. The summed E-state index contributed by atoms with van der Waals surface area (Å²) in [7, 11) is -5.06. The lowest BCUT2D eigenvalue weighted by Crippen LogP contribution is -2.24. The van der Waals surface area contributed by atoms with Crippen molar-refractivity contribution in [3.63, 3.8) is 0 Å². The van der Waals surface area contributed by atoms with Gasteiger partial charge in [-0.05, 0) is 17.7 Å². The molecule has 0 bridgehead atoms. The molecule has 1 aromatic heterocycles. The van der Waals surface area contributed by atoms with Gasteiger partial charge in [-0.2, -0.15) is 5.26 Å². The summed E-state index contributed by atoms with van der Waals surface area (Å²) in [5.74, 6) is 0.0459. The Morgan fingerprint density at radius 3 is 2.32 bits per heavy atom. The highest BCUT2D eigenvalue weighted by atomic mass is 32.2. The van der Waals surface area contributed by atoms with Crippen LogP contribution in [-0.2, 0) is 16.4 Å². The minimum Gasteiger partial charge on any atom is -0.392 e. The summed E-state index contributed by atoms with van der Waals surface area (Å²) in [6, 6.07) is 11.0. The van der Waals surface area contributed by atoms with Crippen LogP contribution < -0.4 is 0 Å². The molecule has 25 heavy (non-hydrogen) atoms. The summed E-state index contributed by atoms with van der Waals surface area (Å²) in [6.45, 7) is 6.28. The van der Waals surface area contributed by atoms with Gasteiger partial charge in [0, 0.05) is 19.8 Å². The van der Waals surface area contributed by atoms with Crippen molar-refractivity contribution >= 4 is 17.9 Å². The summed E-state index contributed by atoms with van der Waals surface area (Å²) in [5.41, 5.74) is 1.81. The van der Waals surface area contributed by atoms with E-state index in [-0.39, 0.29) is 22.8 Å². The molecule has 2 rings (SSSR count). The molecule has 0 radical (unpaired) electrons. The highest BCUT2D eigenvalue weighted by Crippen LogP contribution is 2.28. The molecule has 0 saturated carbocycles. The zero-order valence-electron chi connectivity index (χ0n) is 14.7. The number of rotatable bonds is 6. The van der Waals surface area contributed by atoms with E-state index >= 15 is 0 Å². The van der Waals surface area contributed by atoms with Crippen LogP contribution in [0.3, 0.4) is 0 Å². The first kappa shape index (κ1) is 19.3. The van der Waals surface area contributed by atoms with Crippen LogP contribution in [0.5, 0.6) is 0 Å². The van der Waals surface area contributed by atoms with Gasteiger partial charge in [0.1, 0.15) is 6.07 Å². The Labute approximate surface area is 149 Å². The maximum absolute atomic E-state index is 12.8. The van der Waals surface area contributed by atoms with Crippen molar-refractivity contribution in [2.45, 2.75) is 37.2 Å². The van der Waals surface area contributed by atoms with Gasteiger partial charge in [-0.15, -0.1) is 0 Å². The molecule has 0 spiro atoms. The zero-order valence-corrected chi connectivity index (χ0v) is 16.5. The Hall–Kier alpha value is -2.01. The average molecular weight is 375 g/mol. The van der Waals surface area contributed by atoms with Crippen molar-refractivity contribution in [3.8, 4) is 17.3 Å². The Morgan fingerprint density at radius 2 is 1.80 bits per heavy atom. The van der Waals surface area contributed by atoms with E-state index in [1.165, 1.54) is 12.3 Å². The fraction of sp³-hybridized carbons (Fsp3) is 0.333. The lowest BCUT2D eigenvalue weighted by atomic mass is 10.0. The van der Waals surface area contributed by atoms with Gasteiger partial charge in [0.15, 0.2) is 9.84 Å². The highest BCUT2D eigenvalue weighted by molar-refractivity contribution is 7.91. The maximum atomic E-state index is 12.8. The second-order valence-electron chi connectivity index (χ2n) is 7.13. The van der Waals surface area contributed by atoms with E-state index < -0.39 is 17.9 Å². The van der Waals surface area contributed by atoms with Crippen molar-refractivity contribution in [2.24, 2.45) is 0 Å². The minimum absolute atomic E-state index is 0.0458. The number of sulfone groups is 1. The number of pyridine rings is 1. The second-order valence-corrected chi connectivity index (χ2v) is 14.8. The number of hydrogen-bond donors (Lipinski definition) is 1.